The zero-order valence-electron chi connectivity index (χ0n) is 13.7. The van der Waals surface area contributed by atoms with E-state index in [0.717, 1.165) is 12.5 Å². The first-order chi connectivity index (χ1) is 12.3. The number of aromatic carboxylic acids is 1. The van der Waals surface area contributed by atoms with E-state index < -0.39 is 17.7 Å². The van der Waals surface area contributed by atoms with Crippen LogP contribution in [0.5, 0.6) is 5.75 Å². The van der Waals surface area contributed by atoms with Crippen molar-refractivity contribution >= 4 is 11.8 Å². The molecule has 2 aromatic rings. The van der Waals surface area contributed by atoms with Gasteiger partial charge in [0.05, 0.1) is 12.2 Å². The van der Waals surface area contributed by atoms with Crippen LogP contribution in [0.15, 0.2) is 42.5 Å². The summed E-state index contributed by atoms with van der Waals surface area (Å²) in [6.07, 6.45) is -3.73. The van der Waals surface area contributed by atoms with Crippen LogP contribution in [0, 0.1) is 5.92 Å². The lowest BCUT2D eigenvalue weighted by Crippen LogP contribution is -2.23. The van der Waals surface area contributed by atoms with Gasteiger partial charge in [-0.05, 0) is 30.7 Å². The molecule has 1 fully saturated rings. The zero-order chi connectivity index (χ0) is 18.7. The summed E-state index contributed by atoms with van der Waals surface area (Å²) in [4.78, 5) is 17.0. The van der Waals surface area contributed by atoms with Crippen molar-refractivity contribution in [3.8, 4) is 5.75 Å². The Labute approximate surface area is 148 Å². The molecule has 0 bridgehead atoms. The molecule has 26 heavy (non-hydrogen) atoms. The van der Waals surface area contributed by atoms with Gasteiger partial charge in [-0.25, -0.2) is 9.78 Å². The summed E-state index contributed by atoms with van der Waals surface area (Å²) >= 11 is 0. The average molecular weight is 366 g/mol. The predicted molar refractivity (Wildman–Crippen MR) is 88.5 cm³/mol. The number of alkyl halides is 3. The first-order valence-electron chi connectivity index (χ1n) is 8.09. The minimum absolute atomic E-state index is 0.0339. The predicted octanol–water partition coefficient (Wildman–Crippen LogP) is 3.70. The molecule has 1 N–H and O–H groups in total. The van der Waals surface area contributed by atoms with Crippen LogP contribution < -0.4 is 9.64 Å². The van der Waals surface area contributed by atoms with Crippen LogP contribution in [0.3, 0.4) is 0 Å². The summed E-state index contributed by atoms with van der Waals surface area (Å²) in [5, 5.41) is 9.01. The highest BCUT2D eigenvalue weighted by atomic mass is 19.4. The van der Waals surface area contributed by atoms with Crippen molar-refractivity contribution < 1.29 is 27.8 Å². The lowest BCUT2D eigenvalue weighted by atomic mass is 10.1. The Morgan fingerprint density at radius 2 is 2.00 bits per heavy atom. The van der Waals surface area contributed by atoms with E-state index in [9.17, 15) is 18.0 Å². The maximum Gasteiger partial charge on any atom is 0.419 e. The lowest BCUT2D eigenvalue weighted by molar-refractivity contribution is -0.139. The number of anilines is 1. The number of hydrogen-bond donors (Lipinski definition) is 1. The molecule has 1 atom stereocenters. The second kappa shape index (κ2) is 7.23. The van der Waals surface area contributed by atoms with E-state index in [1.54, 1.807) is 12.1 Å². The van der Waals surface area contributed by atoms with Crippen LogP contribution >= 0.6 is 0 Å². The monoisotopic (exact) mass is 366 g/mol. The maximum atomic E-state index is 13.0. The molecule has 1 aliphatic rings. The number of carbonyl (C=O) groups is 1. The highest BCUT2D eigenvalue weighted by Gasteiger charge is 2.34. The lowest BCUT2D eigenvalue weighted by Gasteiger charge is -2.19. The summed E-state index contributed by atoms with van der Waals surface area (Å²) in [7, 11) is 0. The van der Waals surface area contributed by atoms with E-state index in [1.807, 2.05) is 4.90 Å². The van der Waals surface area contributed by atoms with Gasteiger partial charge in [0.2, 0.25) is 0 Å². The second-order valence-electron chi connectivity index (χ2n) is 6.09. The molecule has 0 radical (unpaired) electrons. The van der Waals surface area contributed by atoms with Crippen LogP contribution in [0.4, 0.5) is 19.0 Å². The molecular formula is C18H17F3N2O3. The third kappa shape index (κ3) is 4.07. The molecule has 5 nitrogen and oxygen atoms in total. The van der Waals surface area contributed by atoms with E-state index >= 15 is 0 Å². The van der Waals surface area contributed by atoms with E-state index in [4.69, 9.17) is 9.84 Å². The number of halogens is 3. The Hall–Kier alpha value is -2.77. The highest BCUT2D eigenvalue weighted by Crippen LogP contribution is 2.36. The Morgan fingerprint density at radius 1 is 1.23 bits per heavy atom. The second-order valence-corrected chi connectivity index (χ2v) is 6.09. The molecule has 3 rings (SSSR count). The number of hydrogen-bond acceptors (Lipinski definition) is 4. The Balaban J connectivity index is 1.63. The molecule has 1 aliphatic heterocycles. The first kappa shape index (κ1) is 18.0. The molecule has 0 spiro atoms. The number of ether oxygens (including phenoxy) is 1. The molecule has 2 heterocycles. The number of pyridine rings is 1. The number of rotatable bonds is 5. The largest absolute Gasteiger partial charge is 0.493 e. The quantitative estimate of drug-likeness (QED) is 0.874. The van der Waals surface area contributed by atoms with Gasteiger partial charge in [-0.2, -0.15) is 13.2 Å². The van der Waals surface area contributed by atoms with Crippen molar-refractivity contribution in [3.05, 3.63) is 53.7 Å². The summed E-state index contributed by atoms with van der Waals surface area (Å²) < 4.78 is 44.4. The fourth-order valence-electron chi connectivity index (χ4n) is 2.93. The van der Waals surface area contributed by atoms with Gasteiger partial charge < -0.3 is 14.7 Å². The van der Waals surface area contributed by atoms with Crippen molar-refractivity contribution in [2.75, 3.05) is 24.6 Å². The minimum Gasteiger partial charge on any atom is -0.493 e. The van der Waals surface area contributed by atoms with Crippen molar-refractivity contribution in [2.45, 2.75) is 12.6 Å². The van der Waals surface area contributed by atoms with Gasteiger partial charge >= 0.3 is 12.1 Å². The number of carboxylic acids is 1. The number of benzene rings is 1. The van der Waals surface area contributed by atoms with Gasteiger partial charge in [0.15, 0.2) is 5.69 Å². The number of para-hydroxylation sites is 1. The molecule has 1 aromatic heterocycles. The summed E-state index contributed by atoms with van der Waals surface area (Å²) in [6, 6.07) is 9.90. The Bertz CT molecular complexity index is 795. The molecule has 1 aromatic carbocycles. The standard InChI is InChI=1S/C18H17F3N2O3/c19-18(20,21)13-4-1-2-6-15(13)26-11-12-8-9-23(10-12)16-7-3-5-14(22-16)17(24)25/h1-7,12H,8-11H2,(H,24,25). The van der Waals surface area contributed by atoms with E-state index in [1.165, 1.54) is 24.3 Å². The fourth-order valence-corrected chi connectivity index (χ4v) is 2.93. The molecule has 0 aliphatic carbocycles. The van der Waals surface area contributed by atoms with Crippen LogP contribution in [-0.4, -0.2) is 35.8 Å². The third-order valence-electron chi connectivity index (χ3n) is 4.23. The van der Waals surface area contributed by atoms with Gasteiger partial charge in [0.25, 0.3) is 0 Å². The summed E-state index contributed by atoms with van der Waals surface area (Å²) in [5.41, 5.74) is -0.827. The van der Waals surface area contributed by atoms with Crippen molar-refractivity contribution in [1.29, 1.82) is 0 Å². The normalized spacial score (nSPS) is 17.3. The first-order valence-corrected chi connectivity index (χ1v) is 8.09. The molecule has 0 saturated carbocycles. The number of aromatic nitrogens is 1. The fraction of sp³-hybridized carbons (Fsp3) is 0.333. The van der Waals surface area contributed by atoms with Crippen molar-refractivity contribution in [3.63, 3.8) is 0 Å². The van der Waals surface area contributed by atoms with E-state index in [2.05, 4.69) is 4.98 Å². The highest BCUT2D eigenvalue weighted by molar-refractivity contribution is 5.85. The van der Waals surface area contributed by atoms with Gasteiger partial charge in [0.1, 0.15) is 11.6 Å². The topological polar surface area (TPSA) is 62.7 Å². The van der Waals surface area contributed by atoms with E-state index in [0.29, 0.717) is 18.9 Å². The van der Waals surface area contributed by atoms with Crippen LogP contribution in [0.25, 0.3) is 0 Å². The Morgan fingerprint density at radius 3 is 2.73 bits per heavy atom. The SMILES string of the molecule is O=C(O)c1cccc(N2CCC(COc3ccccc3C(F)(F)F)C2)n1. The third-order valence-corrected chi connectivity index (χ3v) is 4.23. The molecule has 8 heteroatoms. The molecule has 1 saturated heterocycles. The minimum atomic E-state index is -4.46. The molecule has 0 amide bonds. The molecule has 138 valence electrons. The molecule has 1 unspecified atom stereocenters. The average Bonchev–Trinajstić information content (AvgIpc) is 3.08. The van der Waals surface area contributed by atoms with Gasteiger partial charge in [0, 0.05) is 19.0 Å². The summed E-state index contributed by atoms with van der Waals surface area (Å²) in [6.45, 7) is 1.34. The molecular weight excluding hydrogens is 349 g/mol. The van der Waals surface area contributed by atoms with Gasteiger partial charge in [-0.15, -0.1) is 0 Å². The van der Waals surface area contributed by atoms with Crippen molar-refractivity contribution in [2.24, 2.45) is 5.92 Å². The summed E-state index contributed by atoms with van der Waals surface area (Å²) in [5.74, 6) is -0.700. The number of nitrogens with zero attached hydrogens (tertiary/aromatic N) is 2. The number of carboxylic acid groups (broad SMARTS) is 1. The van der Waals surface area contributed by atoms with E-state index in [-0.39, 0.29) is 24.0 Å². The zero-order valence-corrected chi connectivity index (χ0v) is 13.7. The van der Waals surface area contributed by atoms with Gasteiger partial charge in [-0.3, -0.25) is 0 Å². The van der Waals surface area contributed by atoms with Gasteiger partial charge in [-0.1, -0.05) is 18.2 Å². The van der Waals surface area contributed by atoms with Crippen molar-refractivity contribution in [1.82, 2.24) is 4.98 Å². The maximum absolute atomic E-state index is 13.0. The smallest absolute Gasteiger partial charge is 0.419 e. The van der Waals surface area contributed by atoms with Crippen LogP contribution in [-0.2, 0) is 6.18 Å². The Kier molecular flexibility index (Phi) is 5.01. The van der Waals surface area contributed by atoms with Crippen LogP contribution in [0.1, 0.15) is 22.5 Å². The van der Waals surface area contributed by atoms with Crippen LogP contribution in [0.2, 0.25) is 0 Å².